The van der Waals surface area contributed by atoms with Crippen molar-refractivity contribution in [1.82, 2.24) is 9.55 Å². The number of carbonyl (C=O) groups is 1. The number of imidazole rings is 1. The molecule has 0 saturated heterocycles. The molecule has 1 heterocycles. The third-order valence-electron chi connectivity index (χ3n) is 5.17. The molecular formula is C23H24N2O2. The lowest BCUT2D eigenvalue weighted by Crippen LogP contribution is -2.15. The van der Waals surface area contributed by atoms with E-state index in [0.717, 1.165) is 34.5 Å². The van der Waals surface area contributed by atoms with Crippen molar-refractivity contribution in [1.29, 1.82) is 0 Å². The summed E-state index contributed by atoms with van der Waals surface area (Å²) in [5.41, 5.74) is 6.62. The first-order valence-corrected chi connectivity index (χ1v) is 9.50. The summed E-state index contributed by atoms with van der Waals surface area (Å²) >= 11 is 0. The number of aromatic nitrogens is 2. The van der Waals surface area contributed by atoms with Gasteiger partial charge in [0.25, 0.3) is 0 Å². The number of ketones is 1. The van der Waals surface area contributed by atoms with Gasteiger partial charge in [-0.1, -0.05) is 48.5 Å². The molecule has 138 valence electrons. The maximum Gasteiger partial charge on any atom is 0.137 e. The van der Waals surface area contributed by atoms with Gasteiger partial charge in [0.2, 0.25) is 0 Å². The molecule has 2 aromatic carbocycles. The summed E-state index contributed by atoms with van der Waals surface area (Å²) in [6, 6.07) is 16.5. The van der Waals surface area contributed by atoms with E-state index < -0.39 is 6.10 Å². The summed E-state index contributed by atoms with van der Waals surface area (Å²) in [6.45, 7) is 2.49. The van der Waals surface area contributed by atoms with E-state index >= 15 is 0 Å². The Morgan fingerprint density at radius 2 is 1.93 bits per heavy atom. The van der Waals surface area contributed by atoms with E-state index in [1.807, 2.05) is 36.7 Å². The second-order valence-corrected chi connectivity index (χ2v) is 7.41. The van der Waals surface area contributed by atoms with Crippen LogP contribution >= 0.6 is 0 Å². The van der Waals surface area contributed by atoms with Crippen molar-refractivity contribution < 1.29 is 9.90 Å². The molecule has 1 unspecified atom stereocenters. The Hall–Kier alpha value is -2.72. The number of nitrogens with zero attached hydrogens (tertiary/aromatic N) is 2. The van der Waals surface area contributed by atoms with Gasteiger partial charge < -0.3 is 9.67 Å². The fourth-order valence-corrected chi connectivity index (χ4v) is 3.83. The maximum absolute atomic E-state index is 11.8. The predicted molar refractivity (Wildman–Crippen MR) is 106 cm³/mol. The minimum atomic E-state index is -0.441. The summed E-state index contributed by atoms with van der Waals surface area (Å²) in [7, 11) is 0. The third kappa shape index (κ3) is 3.86. The molecule has 0 aliphatic heterocycles. The molecule has 1 atom stereocenters. The van der Waals surface area contributed by atoms with Crippen LogP contribution in [0.1, 0.15) is 35.7 Å². The lowest BCUT2D eigenvalue weighted by atomic mass is 9.89. The van der Waals surface area contributed by atoms with Gasteiger partial charge in [-0.15, -0.1) is 0 Å². The smallest absolute Gasteiger partial charge is 0.137 e. The highest BCUT2D eigenvalue weighted by Crippen LogP contribution is 2.25. The zero-order valence-electron chi connectivity index (χ0n) is 15.6. The Morgan fingerprint density at radius 3 is 2.70 bits per heavy atom. The monoisotopic (exact) mass is 360 g/mol. The Labute approximate surface area is 159 Å². The zero-order valence-corrected chi connectivity index (χ0v) is 15.6. The molecule has 0 fully saturated rings. The van der Waals surface area contributed by atoms with Crippen LogP contribution in [0.4, 0.5) is 0 Å². The first kappa shape index (κ1) is 17.7. The van der Waals surface area contributed by atoms with E-state index in [1.165, 1.54) is 5.56 Å². The molecule has 4 rings (SSSR count). The normalized spacial score (nSPS) is 14.8. The van der Waals surface area contributed by atoms with E-state index in [4.69, 9.17) is 0 Å². The molecule has 3 aromatic rings. The topological polar surface area (TPSA) is 55.1 Å². The van der Waals surface area contributed by atoms with E-state index in [2.05, 4.69) is 27.8 Å². The molecule has 0 spiro atoms. The van der Waals surface area contributed by atoms with Gasteiger partial charge in [-0.25, -0.2) is 4.98 Å². The number of hydrogen-bond acceptors (Lipinski definition) is 3. The van der Waals surface area contributed by atoms with Crippen LogP contribution in [0.25, 0.3) is 11.3 Å². The zero-order chi connectivity index (χ0) is 18.8. The second-order valence-electron chi connectivity index (χ2n) is 7.41. The first-order chi connectivity index (χ1) is 13.1. The molecule has 27 heavy (non-hydrogen) atoms. The molecule has 0 amide bonds. The van der Waals surface area contributed by atoms with E-state index in [0.29, 0.717) is 31.6 Å². The molecule has 1 aliphatic carbocycles. The maximum atomic E-state index is 11.8. The quantitative estimate of drug-likeness (QED) is 0.757. The lowest BCUT2D eigenvalue weighted by molar-refractivity contribution is -0.118. The van der Waals surface area contributed by atoms with Crippen LogP contribution in [-0.2, 0) is 30.6 Å². The van der Waals surface area contributed by atoms with Crippen LogP contribution in [0.5, 0.6) is 0 Å². The summed E-state index contributed by atoms with van der Waals surface area (Å²) in [5, 5.41) is 9.99. The SMILES string of the molecule is CC(O)Cc1c(-c2ccccc2)ncn1Cc1ccc2c(c1)CC(=O)CC2. The summed E-state index contributed by atoms with van der Waals surface area (Å²) in [6.07, 6.45) is 4.02. The fourth-order valence-electron chi connectivity index (χ4n) is 3.83. The molecule has 0 bridgehead atoms. The highest BCUT2D eigenvalue weighted by atomic mass is 16.3. The van der Waals surface area contributed by atoms with Gasteiger partial charge in [-0.05, 0) is 30.0 Å². The van der Waals surface area contributed by atoms with Crippen LogP contribution in [0.3, 0.4) is 0 Å². The van der Waals surface area contributed by atoms with E-state index in [1.54, 1.807) is 6.92 Å². The van der Waals surface area contributed by atoms with Gasteiger partial charge in [0, 0.05) is 37.1 Å². The predicted octanol–water partition coefficient (Wildman–Crippen LogP) is 3.58. The van der Waals surface area contributed by atoms with Crippen LogP contribution in [0, 0.1) is 0 Å². The molecule has 4 heteroatoms. The molecule has 1 N–H and O–H groups in total. The Bertz CT molecular complexity index is 958. The Kier molecular flexibility index (Phi) is 4.90. The number of hydrogen-bond donors (Lipinski definition) is 1. The number of aliphatic hydroxyl groups is 1. The van der Waals surface area contributed by atoms with Gasteiger partial charge >= 0.3 is 0 Å². The Balaban J connectivity index is 1.67. The van der Waals surface area contributed by atoms with Crippen molar-refractivity contribution in [3.8, 4) is 11.3 Å². The van der Waals surface area contributed by atoms with Gasteiger partial charge in [-0.3, -0.25) is 4.79 Å². The number of aryl methyl sites for hydroxylation is 1. The van der Waals surface area contributed by atoms with Gasteiger partial charge in [0.15, 0.2) is 0 Å². The molecule has 1 aromatic heterocycles. The van der Waals surface area contributed by atoms with Crippen LogP contribution in [0.15, 0.2) is 54.9 Å². The van der Waals surface area contributed by atoms with Crippen molar-refractivity contribution in [3.05, 3.63) is 77.2 Å². The summed E-state index contributed by atoms with van der Waals surface area (Å²) in [4.78, 5) is 16.4. The van der Waals surface area contributed by atoms with Crippen molar-refractivity contribution in [2.24, 2.45) is 0 Å². The van der Waals surface area contributed by atoms with Crippen LogP contribution in [0.2, 0.25) is 0 Å². The summed E-state index contributed by atoms with van der Waals surface area (Å²) in [5.74, 6) is 0.323. The molecule has 1 aliphatic rings. The minimum absolute atomic E-state index is 0.323. The van der Waals surface area contributed by atoms with Crippen molar-refractivity contribution in [2.75, 3.05) is 0 Å². The van der Waals surface area contributed by atoms with Crippen molar-refractivity contribution in [2.45, 2.75) is 45.3 Å². The standard InChI is InChI=1S/C23H24N2O2/c1-16(26)11-22-23(19-5-3-2-4-6-19)24-15-25(22)14-17-7-8-18-9-10-21(27)13-20(18)12-17/h2-8,12,15-16,26H,9-11,13-14H2,1H3. The molecule has 4 nitrogen and oxygen atoms in total. The highest BCUT2D eigenvalue weighted by Gasteiger charge is 2.18. The fraction of sp³-hybridized carbons (Fsp3) is 0.304. The minimum Gasteiger partial charge on any atom is -0.393 e. The number of benzene rings is 2. The summed E-state index contributed by atoms with van der Waals surface area (Å²) < 4.78 is 2.11. The average Bonchev–Trinajstić information content (AvgIpc) is 3.04. The van der Waals surface area contributed by atoms with Gasteiger partial charge in [0.05, 0.1) is 18.1 Å². The molecular weight excluding hydrogens is 336 g/mol. The van der Waals surface area contributed by atoms with Crippen LogP contribution in [-0.4, -0.2) is 26.5 Å². The van der Waals surface area contributed by atoms with Gasteiger partial charge in [0.1, 0.15) is 5.78 Å². The number of rotatable bonds is 5. The average molecular weight is 360 g/mol. The number of carbonyl (C=O) groups excluding carboxylic acids is 1. The highest BCUT2D eigenvalue weighted by molar-refractivity contribution is 5.83. The number of Topliss-reactive ketones (excluding diaryl/α,β-unsaturated/α-hetero) is 1. The molecule has 0 radical (unpaired) electrons. The largest absolute Gasteiger partial charge is 0.393 e. The molecule has 0 saturated carbocycles. The van der Waals surface area contributed by atoms with E-state index in [9.17, 15) is 9.90 Å². The van der Waals surface area contributed by atoms with Gasteiger partial charge in [-0.2, -0.15) is 0 Å². The van der Waals surface area contributed by atoms with Crippen molar-refractivity contribution in [3.63, 3.8) is 0 Å². The van der Waals surface area contributed by atoms with E-state index in [-0.39, 0.29) is 0 Å². The number of aliphatic hydroxyl groups excluding tert-OH is 1. The third-order valence-corrected chi connectivity index (χ3v) is 5.17. The van der Waals surface area contributed by atoms with Crippen molar-refractivity contribution >= 4 is 5.78 Å². The lowest BCUT2D eigenvalue weighted by Gasteiger charge is -2.17. The first-order valence-electron chi connectivity index (χ1n) is 9.50. The Morgan fingerprint density at radius 1 is 1.11 bits per heavy atom. The number of fused-ring (bicyclic) bond motifs is 1. The second kappa shape index (κ2) is 7.49. The van der Waals surface area contributed by atoms with Crippen LogP contribution < -0.4 is 0 Å².